The fourth-order valence-electron chi connectivity index (χ4n) is 2.49. The summed E-state index contributed by atoms with van der Waals surface area (Å²) in [6.07, 6.45) is 3.34. The molecule has 3 N–H and O–H groups in total. The Balaban J connectivity index is 2.19. The topological polar surface area (TPSA) is 83.6 Å². The standard InChI is InChI=1S/C15H20N2O3/c1-2-3-4-12(16)14(18)17-8-7-10-5-6-11(15(19)20)9-13(10)17/h5-6,9,12H,2-4,7-8,16H2,1H3,(H,19,20)/t12-/m0/s1. The summed E-state index contributed by atoms with van der Waals surface area (Å²) in [6.45, 7) is 2.64. The summed E-state index contributed by atoms with van der Waals surface area (Å²) in [7, 11) is 0. The molecule has 1 atom stereocenters. The van der Waals surface area contributed by atoms with E-state index >= 15 is 0 Å². The van der Waals surface area contributed by atoms with Gasteiger partial charge in [0.05, 0.1) is 11.6 Å². The molecule has 0 aliphatic carbocycles. The minimum absolute atomic E-state index is 0.111. The van der Waals surface area contributed by atoms with Gasteiger partial charge in [0.25, 0.3) is 0 Å². The van der Waals surface area contributed by atoms with Crippen LogP contribution < -0.4 is 10.6 Å². The number of amides is 1. The molecule has 2 rings (SSSR count). The predicted molar refractivity (Wildman–Crippen MR) is 77.0 cm³/mol. The van der Waals surface area contributed by atoms with Crippen molar-refractivity contribution in [2.75, 3.05) is 11.4 Å². The molecule has 5 nitrogen and oxygen atoms in total. The molecule has 0 fully saturated rings. The van der Waals surface area contributed by atoms with Gasteiger partial charge in [-0.25, -0.2) is 4.79 Å². The minimum atomic E-state index is -0.984. The van der Waals surface area contributed by atoms with Gasteiger partial charge in [0.2, 0.25) is 5.91 Å². The Kier molecular flexibility index (Phi) is 4.39. The van der Waals surface area contributed by atoms with Gasteiger partial charge >= 0.3 is 5.97 Å². The summed E-state index contributed by atoms with van der Waals surface area (Å²) in [5.74, 6) is -1.10. The number of nitrogens with zero attached hydrogens (tertiary/aromatic N) is 1. The van der Waals surface area contributed by atoms with Crippen LogP contribution in [-0.4, -0.2) is 29.6 Å². The molecule has 0 spiro atoms. The second-order valence-electron chi connectivity index (χ2n) is 5.14. The Labute approximate surface area is 118 Å². The number of rotatable bonds is 5. The zero-order valence-electron chi connectivity index (χ0n) is 11.6. The smallest absolute Gasteiger partial charge is 0.335 e. The van der Waals surface area contributed by atoms with Gasteiger partial charge in [-0.15, -0.1) is 0 Å². The molecule has 0 saturated carbocycles. The molecule has 1 aromatic rings. The number of nitrogens with two attached hydrogens (primary N) is 1. The van der Waals surface area contributed by atoms with Crippen molar-refractivity contribution in [2.24, 2.45) is 5.73 Å². The van der Waals surface area contributed by atoms with Crippen molar-refractivity contribution in [2.45, 2.75) is 38.6 Å². The Morgan fingerprint density at radius 3 is 2.85 bits per heavy atom. The maximum absolute atomic E-state index is 12.3. The normalized spacial score (nSPS) is 15.0. The molecule has 20 heavy (non-hydrogen) atoms. The van der Waals surface area contributed by atoms with Gasteiger partial charge in [0, 0.05) is 12.2 Å². The van der Waals surface area contributed by atoms with Gasteiger partial charge in [-0.2, -0.15) is 0 Å². The van der Waals surface area contributed by atoms with Gasteiger partial charge in [0.15, 0.2) is 0 Å². The first kappa shape index (κ1) is 14.5. The quantitative estimate of drug-likeness (QED) is 0.858. The predicted octanol–water partition coefficient (Wildman–Crippen LogP) is 1.79. The van der Waals surface area contributed by atoms with Crippen LogP contribution >= 0.6 is 0 Å². The average molecular weight is 276 g/mol. The van der Waals surface area contributed by atoms with E-state index in [1.54, 1.807) is 23.1 Å². The van der Waals surface area contributed by atoms with E-state index in [1.165, 1.54) is 0 Å². The lowest BCUT2D eigenvalue weighted by atomic mass is 10.1. The van der Waals surface area contributed by atoms with Crippen LogP contribution in [0.2, 0.25) is 0 Å². The minimum Gasteiger partial charge on any atom is -0.478 e. The average Bonchev–Trinajstić information content (AvgIpc) is 2.86. The summed E-state index contributed by atoms with van der Waals surface area (Å²) in [6, 6.07) is 4.42. The third-order valence-corrected chi connectivity index (χ3v) is 3.68. The zero-order chi connectivity index (χ0) is 14.7. The fraction of sp³-hybridized carbons (Fsp3) is 0.467. The van der Waals surface area contributed by atoms with E-state index in [1.807, 2.05) is 0 Å². The lowest BCUT2D eigenvalue weighted by Crippen LogP contribution is -2.43. The molecule has 0 saturated heterocycles. The monoisotopic (exact) mass is 276 g/mol. The molecule has 0 unspecified atom stereocenters. The number of benzene rings is 1. The highest BCUT2D eigenvalue weighted by Gasteiger charge is 2.28. The van der Waals surface area contributed by atoms with Crippen LogP contribution in [0.1, 0.15) is 42.1 Å². The molecule has 1 aliphatic rings. The number of carboxylic acids is 1. The second kappa shape index (κ2) is 6.05. The van der Waals surface area contributed by atoms with E-state index in [4.69, 9.17) is 10.8 Å². The van der Waals surface area contributed by atoms with Crippen molar-refractivity contribution in [3.63, 3.8) is 0 Å². The van der Waals surface area contributed by atoms with Crippen molar-refractivity contribution >= 4 is 17.6 Å². The maximum atomic E-state index is 12.3. The fourth-order valence-corrected chi connectivity index (χ4v) is 2.49. The largest absolute Gasteiger partial charge is 0.478 e. The Morgan fingerprint density at radius 2 is 2.20 bits per heavy atom. The molecule has 108 valence electrons. The second-order valence-corrected chi connectivity index (χ2v) is 5.14. The third-order valence-electron chi connectivity index (χ3n) is 3.68. The molecule has 0 aromatic heterocycles. The molecule has 0 bridgehead atoms. The molecular weight excluding hydrogens is 256 g/mol. The molecule has 1 aliphatic heterocycles. The first-order chi connectivity index (χ1) is 9.54. The molecule has 0 radical (unpaired) electrons. The SMILES string of the molecule is CCCC[C@H](N)C(=O)N1CCc2ccc(C(=O)O)cc21. The van der Waals surface area contributed by atoms with E-state index in [9.17, 15) is 9.59 Å². The van der Waals surface area contributed by atoms with E-state index in [-0.39, 0.29) is 11.5 Å². The number of carboxylic acid groups (broad SMARTS) is 1. The first-order valence-electron chi connectivity index (χ1n) is 6.97. The lowest BCUT2D eigenvalue weighted by molar-refractivity contribution is -0.119. The van der Waals surface area contributed by atoms with Crippen LogP contribution in [0.3, 0.4) is 0 Å². The number of carbonyl (C=O) groups excluding carboxylic acids is 1. The third kappa shape index (κ3) is 2.82. The van der Waals surface area contributed by atoms with Crippen LogP contribution in [0, 0.1) is 0 Å². The summed E-state index contributed by atoms with van der Waals surface area (Å²) >= 11 is 0. The number of carbonyl (C=O) groups is 2. The molecular formula is C15H20N2O3. The van der Waals surface area contributed by atoms with Gasteiger partial charge in [0.1, 0.15) is 0 Å². The summed E-state index contributed by atoms with van der Waals surface area (Å²) in [5, 5.41) is 9.04. The van der Waals surface area contributed by atoms with Crippen LogP contribution in [0.4, 0.5) is 5.69 Å². The van der Waals surface area contributed by atoms with Gasteiger partial charge < -0.3 is 15.7 Å². The summed E-state index contributed by atoms with van der Waals surface area (Å²) in [4.78, 5) is 25.0. The van der Waals surface area contributed by atoms with Crippen LogP contribution in [-0.2, 0) is 11.2 Å². The van der Waals surface area contributed by atoms with E-state index in [0.717, 1.165) is 24.8 Å². The van der Waals surface area contributed by atoms with Crippen molar-refractivity contribution in [1.82, 2.24) is 0 Å². The van der Waals surface area contributed by atoms with Gasteiger partial charge in [-0.05, 0) is 30.5 Å². The number of unbranched alkanes of at least 4 members (excludes halogenated alkanes) is 1. The molecule has 5 heteroatoms. The number of aromatic carboxylic acids is 1. The van der Waals surface area contributed by atoms with E-state index < -0.39 is 12.0 Å². The number of anilines is 1. The zero-order valence-corrected chi connectivity index (χ0v) is 11.6. The number of fused-ring (bicyclic) bond motifs is 1. The number of hydrogen-bond acceptors (Lipinski definition) is 3. The Bertz CT molecular complexity index is 528. The van der Waals surface area contributed by atoms with E-state index in [2.05, 4.69) is 6.92 Å². The van der Waals surface area contributed by atoms with Crippen molar-refractivity contribution in [1.29, 1.82) is 0 Å². The lowest BCUT2D eigenvalue weighted by Gasteiger charge is -2.21. The highest BCUT2D eigenvalue weighted by Crippen LogP contribution is 2.29. The van der Waals surface area contributed by atoms with Crippen LogP contribution in [0.5, 0.6) is 0 Å². The summed E-state index contributed by atoms with van der Waals surface area (Å²) < 4.78 is 0. The maximum Gasteiger partial charge on any atom is 0.335 e. The van der Waals surface area contributed by atoms with Gasteiger partial charge in [-0.3, -0.25) is 4.79 Å². The van der Waals surface area contributed by atoms with Gasteiger partial charge in [-0.1, -0.05) is 25.8 Å². The Hall–Kier alpha value is -1.88. The molecule has 1 heterocycles. The first-order valence-corrected chi connectivity index (χ1v) is 6.97. The van der Waals surface area contributed by atoms with Crippen LogP contribution in [0.15, 0.2) is 18.2 Å². The molecule has 1 aromatic carbocycles. The highest BCUT2D eigenvalue weighted by atomic mass is 16.4. The number of hydrogen-bond donors (Lipinski definition) is 2. The highest BCUT2D eigenvalue weighted by molar-refractivity contribution is 6.00. The van der Waals surface area contributed by atoms with Crippen molar-refractivity contribution in [3.8, 4) is 0 Å². The Morgan fingerprint density at radius 1 is 1.45 bits per heavy atom. The summed E-state index contributed by atoms with van der Waals surface area (Å²) in [5.41, 5.74) is 7.83. The van der Waals surface area contributed by atoms with Crippen molar-refractivity contribution < 1.29 is 14.7 Å². The van der Waals surface area contributed by atoms with Crippen molar-refractivity contribution in [3.05, 3.63) is 29.3 Å². The van der Waals surface area contributed by atoms with E-state index in [0.29, 0.717) is 18.7 Å². The van der Waals surface area contributed by atoms with Crippen LogP contribution in [0.25, 0.3) is 0 Å². The molecule has 1 amide bonds.